The minimum Gasteiger partial charge on any atom is -0.493 e. The van der Waals surface area contributed by atoms with E-state index in [1.165, 1.54) is 4.88 Å². The highest BCUT2D eigenvalue weighted by molar-refractivity contribution is 7.09. The fraction of sp³-hybridized carbons (Fsp3) is 0.263. The van der Waals surface area contributed by atoms with Gasteiger partial charge in [-0.3, -0.25) is 9.89 Å². The number of hydrogen-bond acceptors (Lipinski definition) is 6. The predicted molar refractivity (Wildman–Crippen MR) is 104 cm³/mol. The molecule has 2 aromatic heterocycles. The smallest absolute Gasteiger partial charge is 0.269 e. The van der Waals surface area contributed by atoms with Gasteiger partial charge in [0.25, 0.3) is 5.91 Å². The van der Waals surface area contributed by atoms with Crippen LogP contribution in [0.4, 0.5) is 0 Å². The van der Waals surface area contributed by atoms with Gasteiger partial charge < -0.3 is 19.5 Å². The number of ether oxygens (including phenoxy) is 3. The highest BCUT2D eigenvalue weighted by Gasteiger charge is 2.17. The minimum absolute atomic E-state index is 0.197. The molecule has 0 saturated carbocycles. The minimum atomic E-state index is -0.197. The van der Waals surface area contributed by atoms with Crippen LogP contribution in [0.25, 0.3) is 11.3 Å². The molecule has 8 heteroatoms. The maximum Gasteiger partial charge on any atom is 0.269 e. The van der Waals surface area contributed by atoms with Crippen LogP contribution < -0.4 is 19.5 Å². The van der Waals surface area contributed by atoms with Crippen LogP contribution >= 0.6 is 11.3 Å². The van der Waals surface area contributed by atoms with E-state index in [0.29, 0.717) is 35.2 Å². The molecular formula is C19H21N3O4S. The van der Waals surface area contributed by atoms with E-state index >= 15 is 0 Å². The van der Waals surface area contributed by atoms with Crippen molar-refractivity contribution in [1.82, 2.24) is 15.5 Å². The van der Waals surface area contributed by atoms with Crippen LogP contribution in [0.1, 0.15) is 15.4 Å². The lowest BCUT2D eigenvalue weighted by Crippen LogP contribution is -2.25. The molecule has 3 rings (SSSR count). The van der Waals surface area contributed by atoms with Crippen molar-refractivity contribution >= 4 is 17.2 Å². The summed E-state index contributed by atoms with van der Waals surface area (Å²) in [6.07, 6.45) is 0.803. The Morgan fingerprint density at radius 2 is 1.89 bits per heavy atom. The summed E-state index contributed by atoms with van der Waals surface area (Å²) >= 11 is 1.68. The molecule has 0 aliphatic carbocycles. The number of nitrogens with one attached hydrogen (secondary N) is 2. The fourth-order valence-electron chi connectivity index (χ4n) is 2.66. The highest BCUT2D eigenvalue weighted by Crippen LogP contribution is 2.40. The number of hydrogen-bond donors (Lipinski definition) is 2. The van der Waals surface area contributed by atoms with E-state index in [4.69, 9.17) is 14.2 Å². The maximum absolute atomic E-state index is 12.3. The summed E-state index contributed by atoms with van der Waals surface area (Å²) in [5, 5.41) is 11.9. The van der Waals surface area contributed by atoms with E-state index < -0.39 is 0 Å². The van der Waals surface area contributed by atoms with Gasteiger partial charge in [0.2, 0.25) is 5.75 Å². The lowest BCUT2D eigenvalue weighted by Gasteiger charge is -2.13. The van der Waals surface area contributed by atoms with E-state index in [9.17, 15) is 4.79 Å². The number of aromatic nitrogens is 2. The predicted octanol–water partition coefficient (Wildman–Crippen LogP) is 3.14. The molecule has 0 unspecified atom stereocenters. The second kappa shape index (κ2) is 8.59. The van der Waals surface area contributed by atoms with Crippen LogP contribution in [0.15, 0.2) is 35.7 Å². The molecule has 0 aliphatic heterocycles. The standard InChI is InChI=1S/C19H21N3O4S/c1-24-16-9-12(10-17(25-2)18(16)26-3)14-11-15(22-21-14)19(23)20-7-6-13-5-4-8-27-13/h4-5,8-11H,6-7H2,1-3H3,(H,20,23)(H,21,22). The molecule has 7 nitrogen and oxygen atoms in total. The molecule has 1 amide bonds. The molecule has 0 aliphatic rings. The van der Waals surface area contributed by atoms with Crippen molar-refractivity contribution in [1.29, 1.82) is 0 Å². The molecular weight excluding hydrogens is 366 g/mol. The molecule has 142 valence electrons. The zero-order valence-corrected chi connectivity index (χ0v) is 16.2. The Balaban J connectivity index is 1.74. The number of amides is 1. The first-order chi connectivity index (χ1) is 13.2. The van der Waals surface area contributed by atoms with Gasteiger partial charge in [-0.25, -0.2) is 0 Å². The van der Waals surface area contributed by atoms with Gasteiger partial charge in [0.15, 0.2) is 11.5 Å². The first-order valence-electron chi connectivity index (χ1n) is 8.32. The Kier molecular flexibility index (Phi) is 5.97. The third-order valence-electron chi connectivity index (χ3n) is 4.02. The molecule has 0 atom stereocenters. The van der Waals surface area contributed by atoms with Crippen molar-refractivity contribution in [3.63, 3.8) is 0 Å². The normalized spacial score (nSPS) is 10.5. The summed E-state index contributed by atoms with van der Waals surface area (Å²) in [6.45, 7) is 0.567. The summed E-state index contributed by atoms with van der Waals surface area (Å²) in [5.74, 6) is 1.36. The third kappa shape index (κ3) is 4.22. The lowest BCUT2D eigenvalue weighted by molar-refractivity contribution is 0.0949. The van der Waals surface area contributed by atoms with E-state index in [0.717, 1.165) is 12.0 Å². The van der Waals surface area contributed by atoms with Crippen molar-refractivity contribution in [3.8, 4) is 28.5 Å². The molecule has 0 bridgehead atoms. The average Bonchev–Trinajstić information content (AvgIpc) is 3.38. The van der Waals surface area contributed by atoms with Gasteiger partial charge in [-0.15, -0.1) is 11.3 Å². The van der Waals surface area contributed by atoms with E-state index in [2.05, 4.69) is 21.6 Å². The molecule has 0 radical (unpaired) electrons. The van der Waals surface area contributed by atoms with Gasteiger partial charge in [0, 0.05) is 17.0 Å². The van der Waals surface area contributed by atoms with Crippen LogP contribution in [0.2, 0.25) is 0 Å². The van der Waals surface area contributed by atoms with E-state index in [1.807, 2.05) is 11.4 Å². The van der Waals surface area contributed by atoms with Gasteiger partial charge >= 0.3 is 0 Å². The SMILES string of the molecule is COc1cc(-c2cc(C(=O)NCCc3cccs3)[nH]n2)cc(OC)c1OC. The molecule has 0 fully saturated rings. The zero-order chi connectivity index (χ0) is 19.2. The summed E-state index contributed by atoms with van der Waals surface area (Å²) in [6, 6.07) is 9.32. The summed E-state index contributed by atoms with van der Waals surface area (Å²) < 4.78 is 16.1. The second-order valence-corrected chi connectivity index (χ2v) is 6.70. The molecule has 2 N–H and O–H groups in total. The number of nitrogens with zero attached hydrogens (tertiary/aromatic N) is 1. The number of carbonyl (C=O) groups is 1. The summed E-state index contributed by atoms with van der Waals surface area (Å²) in [7, 11) is 4.66. The largest absolute Gasteiger partial charge is 0.493 e. The van der Waals surface area contributed by atoms with Crippen LogP contribution in [0, 0.1) is 0 Å². The maximum atomic E-state index is 12.3. The number of thiophene rings is 1. The van der Waals surface area contributed by atoms with Crippen molar-refractivity contribution in [2.45, 2.75) is 6.42 Å². The first-order valence-corrected chi connectivity index (χ1v) is 9.20. The highest BCUT2D eigenvalue weighted by atomic mass is 32.1. The molecule has 0 saturated heterocycles. The molecule has 1 aromatic carbocycles. The van der Waals surface area contributed by atoms with Crippen molar-refractivity contribution in [2.24, 2.45) is 0 Å². The number of aromatic amines is 1. The fourth-order valence-corrected chi connectivity index (χ4v) is 3.37. The average molecular weight is 387 g/mol. The van der Waals surface area contributed by atoms with Crippen LogP contribution in [-0.4, -0.2) is 44.0 Å². The number of carbonyl (C=O) groups excluding carboxylic acids is 1. The molecule has 27 heavy (non-hydrogen) atoms. The van der Waals surface area contributed by atoms with Crippen LogP contribution in [0.3, 0.4) is 0 Å². The Morgan fingerprint density at radius 1 is 1.15 bits per heavy atom. The third-order valence-corrected chi connectivity index (χ3v) is 4.96. The molecule has 0 spiro atoms. The van der Waals surface area contributed by atoms with E-state index in [-0.39, 0.29) is 5.91 Å². The Morgan fingerprint density at radius 3 is 2.48 bits per heavy atom. The van der Waals surface area contributed by atoms with E-state index in [1.54, 1.807) is 50.9 Å². The first kappa shape index (κ1) is 18.8. The monoisotopic (exact) mass is 387 g/mol. The number of H-pyrrole nitrogens is 1. The van der Waals surface area contributed by atoms with Gasteiger partial charge in [-0.1, -0.05) is 6.07 Å². The summed E-state index contributed by atoms with van der Waals surface area (Å²) in [5.41, 5.74) is 1.75. The topological polar surface area (TPSA) is 85.5 Å². The van der Waals surface area contributed by atoms with Gasteiger partial charge in [-0.2, -0.15) is 5.10 Å². The quantitative estimate of drug-likeness (QED) is 0.620. The molecule has 2 heterocycles. The second-order valence-electron chi connectivity index (χ2n) is 5.67. The molecule has 3 aromatic rings. The van der Waals surface area contributed by atoms with Gasteiger partial charge in [0.05, 0.1) is 27.0 Å². The van der Waals surface area contributed by atoms with Crippen molar-refractivity contribution < 1.29 is 19.0 Å². The van der Waals surface area contributed by atoms with Crippen LogP contribution in [0.5, 0.6) is 17.2 Å². The number of rotatable bonds is 8. The van der Waals surface area contributed by atoms with Gasteiger partial charge in [-0.05, 0) is 36.1 Å². The number of benzene rings is 1. The van der Waals surface area contributed by atoms with Gasteiger partial charge in [0.1, 0.15) is 5.69 Å². The Bertz CT molecular complexity index is 881. The van der Waals surface area contributed by atoms with Crippen molar-refractivity contribution in [3.05, 3.63) is 46.3 Å². The zero-order valence-electron chi connectivity index (χ0n) is 15.4. The van der Waals surface area contributed by atoms with Crippen LogP contribution in [-0.2, 0) is 6.42 Å². The lowest BCUT2D eigenvalue weighted by atomic mass is 10.1. The Hall–Kier alpha value is -3.00. The summed E-state index contributed by atoms with van der Waals surface area (Å²) in [4.78, 5) is 13.6. The number of methoxy groups -OCH3 is 3. The Labute approximate surface area is 161 Å². The van der Waals surface area contributed by atoms with Crippen molar-refractivity contribution in [2.75, 3.05) is 27.9 Å².